The Morgan fingerprint density at radius 2 is 2.32 bits per heavy atom. The summed E-state index contributed by atoms with van der Waals surface area (Å²) in [5, 5.41) is 5.82. The molecule has 1 aromatic carbocycles. The van der Waals surface area contributed by atoms with E-state index in [0.717, 1.165) is 21.8 Å². The molecule has 0 unspecified atom stereocenters. The number of aromatic nitrogens is 3. The van der Waals surface area contributed by atoms with Gasteiger partial charge in [0, 0.05) is 40.7 Å². The zero-order valence-corrected chi connectivity index (χ0v) is 10.1. The highest BCUT2D eigenvalue weighted by Crippen LogP contribution is 2.23. The molecule has 6 nitrogen and oxygen atoms in total. The fraction of sp³-hybridized carbons (Fsp3) is 0.154. The minimum atomic E-state index is -2.44. The van der Waals surface area contributed by atoms with Crippen LogP contribution in [0.25, 0.3) is 21.8 Å². The molecule has 0 saturated carbocycles. The van der Waals surface area contributed by atoms with Gasteiger partial charge in [-0.25, -0.2) is 5.43 Å². The summed E-state index contributed by atoms with van der Waals surface area (Å²) in [6.45, 7) is -2.44. The molecule has 0 aliphatic heterocycles. The fourth-order valence-corrected chi connectivity index (χ4v) is 2.13. The van der Waals surface area contributed by atoms with Gasteiger partial charge >= 0.3 is 0 Å². The highest BCUT2D eigenvalue weighted by atomic mass is 16.2. The average molecular weight is 258 g/mol. The molecular formula is C13H13N5O. The molecule has 96 valence electrons. The first-order chi connectivity index (χ1) is 10.3. The SMILES string of the molecule is [2H]C([2H])([2H])NNC(=O)c1ccc2ncc3cnn(C)c3c2c1. The lowest BCUT2D eigenvalue weighted by Gasteiger charge is -2.05. The van der Waals surface area contributed by atoms with Crippen LogP contribution in [-0.2, 0) is 7.05 Å². The van der Waals surface area contributed by atoms with Crippen LogP contribution in [0.4, 0.5) is 0 Å². The zero-order valence-electron chi connectivity index (χ0n) is 13.1. The highest BCUT2D eigenvalue weighted by Gasteiger charge is 2.10. The molecule has 19 heavy (non-hydrogen) atoms. The van der Waals surface area contributed by atoms with E-state index >= 15 is 0 Å². The molecule has 3 rings (SSSR count). The van der Waals surface area contributed by atoms with Crippen molar-refractivity contribution in [3.63, 3.8) is 0 Å². The smallest absolute Gasteiger partial charge is 0.265 e. The number of aryl methyl sites for hydroxylation is 1. The molecule has 0 aliphatic carbocycles. The van der Waals surface area contributed by atoms with Gasteiger partial charge in [-0.2, -0.15) is 5.10 Å². The lowest BCUT2D eigenvalue weighted by atomic mass is 10.1. The number of rotatable bonds is 2. The van der Waals surface area contributed by atoms with E-state index in [2.05, 4.69) is 15.5 Å². The average Bonchev–Trinajstić information content (AvgIpc) is 2.85. The van der Waals surface area contributed by atoms with Crippen LogP contribution >= 0.6 is 0 Å². The van der Waals surface area contributed by atoms with Gasteiger partial charge in [-0.05, 0) is 18.2 Å². The summed E-state index contributed by atoms with van der Waals surface area (Å²) in [5.41, 5.74) is 6.08. The molecule has 2 heterocycles. The van der Waals surface area contributed by atoms with Crippen molar-refractivity contribution in [1.29, 1.82) is 0 Å². The van der Waals surface area contributed by atoms with E-state index < -0.39 is 12.9 Å². The second kappa shape index (κ2) is 4.33. The van der Waals surface area contributed by atoms with Crippen molar-refractivity contribution in [2.24, 2.45) is 7.05 Å². The Hall–Kier alpha value is -2.47. The topological polar surface area (TPSA) is 71.8 Å². The first-order valence-corrected chi connectivity index (χ1v) is 5.63. The minimum Gasteiger partial charge on any atom is -0.288 e. The van der Waals surface area contributed by atoms with Crippen LogP contribution in [0.1, 0.15) is 14.5 Å². The first kappa shape index (κ1) is 8.60. The molecule has 0 fully saturated rings. The van der Waals surface area contributed by atoms with Crippen LogP contribution in [0.2, 0.25) is 0 Å². The van der Waals surface area contributed by atoms with E-state index in [1.807, 2.05) is 12.5 Å². The number of hydrazine groups is 1. The van der Waals surface area contributed by atoms with Crippen molar-refractivity contribution in [2.45, 2.75) is 0 Å². The Bertz CT molecular complexity index is 871. The van der Waals surface area contributed by atoms with Crippen LogP contribution in [0, 0.1) is 0 Å². The summed E-state index contributed by atoms with van der Waals surface area (Å²) in [4.78, 5) is 16.3. The van der Waals surface area contributed by atoms with Gasteiger partial charge in [0.05, 0.1) is 17.2 Å². The number of hydrogen-bond acceptors (Lipinski definition) is 4. The molecule has 0 radical (unpaired) electrons. The number of benzene rings is 1. The Kier molecular flexibility index (Phi) is 1.96. The quantitative estimate of drug-likeness (QED) is 0.672. The third-order valence-corrected chi connectivity index (χ3v) is 3.00. The van der Waals surface area contributed by atoms with Gasteiger partial charge in [-0.1, -0.05) is 0 Å². The molecule has 3 aromatic rings. The normalized spacial score (nSPS) is 14.1. The maximum Gasteiger partial charge on any atom is 0.265 e. The summed E-state index contributed by atoms with van der Waals surface area (Å²) in [6.07, 6.45) is 3.42. The largest absolute Gasteiger partial charge is 0.288 e. The Morgan fingerprint density at radius 3 is 3.16 bits per heavy atom. The Labute approximate surface area is 113 Å². The van der Waals surface area contributed by atoms with Gasteiger partial charge in [-0.15, -0.1) is 0 Å². The molecule has 6 heteroatoms. The summed E-state index contributed by atoms with van der Waals surface area (Å²) in [7, 11) is 1.81. The number of nitrogens with one attached hydrogen (secondary N) is 2. The molecule has 0 spiro atoms. The van der Waals surface area contributed by atoms with Gasteiger partial charge in [0.25, 0.3) is 5.91 Å². The second-order valence-electron chi connectivity index (χ2n) is 4.14. The summed E-state index contributed by atoms with van der Waals surface area (Å²) >= 11 is 0. The lowest BCUT2D eigenvalue weighted by molar-refractivity contribution is 0.0938. The standard InChI is InChI=1S/C13H13N5O/c1-14-17-13(19)8-3-4-11-10(5-8)12-9(6-15-11)7-16-18(12)2/h3-7,14H,1-2H3,(H,17,19)/i1D3. The third-order valence-electron chi connectivity index (χ3n) is 3.00. The summed E-state index contributed by atoms with van der Waals surface area (Å²) in [5.74, 6) is -0.530. The summed E-state index contributed by atoms with van der Waals surface area (Å²) in [6, 6.07) is 4.98. The van der Waals surface area contributed by atoms with Gasteiger partial charge in [0.1, 0.15) is 0 Å². The van der Waals surface area contributed by atoms with E-state index in [-0.39, 0.29) is 0 Å². The van der Waals surface area contributed by atoms with Crippen molar-refractivity contribution in [2.75, 3.05) is 6.98 Å². The van der Waals surface area contributed by atoms with Crippen molar-refractivity contribution in [3.05, 3.63) is 36.2 Å². The van der Waals surface area contributed by atoms with Crippen LogP contribution in [0.15, 0.2) is 30.6 Å². The van der Waals surface area contributed by atoms with Crippen LogP contribution in [-0.4, -0.2) is 27.6 Å². The maximum atomic E-state index is 12.0. The number of carbonyl (C=O) groups is 1. The highest BCUT2D eigenvalue weighted by molar-refractivity contribution is 6.06. The van der Waals surface area contributed by atoms with Gasteiger partial charge < -0.3 is 0 Å². The van der Waals surface area contributed by atoms with Crippen molar-refractivity contribution >= 4 is 27.7 Å². The van der Waals surface area contributed by atoms with Gasteiger partial charge in [-0.3, -0.25) is 19.9 Å². The van der Waals surface area contributed by atoms with Crippen molar-refractivity contribution in [3.8, 4) is 0 Å². The van der Waals surface area contributed by atoms with E-state index in [0.29, 0.717) is 5.56 Å². The van der Waals surface area contributed by atoms with Gasteiger partial charge in [0.2, 0.25) is 0 Å². The van der Waals surface area contributed by atoms with E-state index in [9.17, 15) is 4.79 Å². The van der Waals surface area contributed by atoms with Crippen LogP contribution in [0.5, 0.6) is 0 Å². The Morgan fingerprint density at radius 1 is 1.42 bits per heavy atom. The molecule has 0 atom stereocenters. The second-order valence-corrected chi connectivity index (χ2v) is 4.14. The molecular weight excluding hydrogens is 242 g/mol. The molecule has 0 bridgehead atoms. The number of hydrogen-bond donors (Lipinski definition) is 2. The number of fused-ring (bicyclic) bond motifs is 3. The predicted octanol–water partition coefficient (Wildman–Crippen LogP) is 0.986. The van der Waals surface area contributed by atoms with Crippen molar-refractivity contribution < 1.29 is 8.91 Å². The number of amides is 1. The zero-order chi connectivity index (χ0) is 15.9. The minimum absolute atomic E-state index is 0.333. The Balaban J connectivity index is 2.03. The molecule has 2 aromatic heterocycles. The number of nitrogens with zero attached hydrogens (tertiary/aromatic N) is 3. The first-order valence-electron chi connectivity index (χ1n) is 7.13. The molecule has 1 amide bonds. The lowest BCUT2D eigenvalue weighted by Crippen LogP contribution is -2.34. The molecule has 0 aliphatic rings. The monoisotopic (exact) mass is 258 g/mol. The van der Waals surface area contributed by atoms with Gasteiger partial charge in [0.15, 0.2) is 0 Å². The fourth-order valence-electron chi connectivity index (χ4n) is 2.13. The number of carbonyl (C=O) groups excluding carboxylic acids is 1. The summed E-state index contributed by atoms with van der Waals surface area (Å²) < 4.78 is 22.8. The van der Waals surface area contributed by atoms with E-state index in [1.54, 1.807) is 35.3 Å². The number of pyridine rings is 1. The van der Waals surface area contributed by atoms with E-state index in [4.69, 9.17) is 4.11 Å². The van der Waals surface area contributed by atoms with Crippen molar-refractivity contribution in [1.82, 2.24) is 25.6 Å². The third kappa shape index (κ3) is 1.82. The molecule has 0 saturated heterocycles. The van der Waals surface area contributed by atoms with Crippen LogP contribution in [0.3, 0.4) is 0 Å². The predicted molar refractivity (Wildman–Crippen MR) is 72.5 cm³/mol. The maximum absolute atomic E-state index is 12.0. The molecule has 2 N–H and O–H groups in total. The van der Waals surface area contributed by atoms with Crippen LogP contribution < -0.4 is 10.9 Å². The van der Waals surface area contributed by atoms with E-state index in [1.165, 1.54) is 0 Å².